The van der Waals surface area contributed by atoms with Crippen molar-refractivity contribution in [3.8, 4) is 0 Å². The lowest BCUT2D eigenvalue weighted by Gasteiger charge is -2.26. The van der Waals surface area contributed by atoms with Crippen molar-refractivity contribution in [2.75, 3.05) is 13.2 Å². The summed E-state index contributed by atoms with van der Waals surface area (Å²) < 4.78 is 11.6. The quantitative estimate of drug-likeness (QED) is 0.104. The molecular formula is C30H60O4. The summed E-state index contributed by atoms with van der Waals surface area (Å²) in [7, 11) is 0. The minimum atomic E-state index is -0.342. The number of aliphatic hydroxyl groups excluding tert-OH is 1. The van der Waals surface area contributed by atoms with Crippen LogP contribution in [0.25, 0.3) is 0 Å². The fourth-order valence-electron chi connectivity index (χ4n) is 4.34. The van der Waals surface area contributed by atoms with E-state index in [1.807, 2.05) is 0 Å². The first kappa shape index (κ1) is 33.4. The molecular weight excluding hydrogens is 424 g/mol. The van der Waals surface area contributed by atoms with Crippen LogP contribution in [0.1, 0.15) is 150 Å². The van der Waals surface area contributed by atoms with Crippen molar-refractivity contribution in [1.29, 1.82) is 0 Å². The summed E-state index contributed by atoms with van der Waals surface area (Å²) in [5.74, 6) is 0.947. The van der Waals surface area contributed by atoms with Crippen LogP contribution in [-0.2, 0) is 14.3 Å². The normalized spacial score (nSPS) is 14.3. The van der Waals surface area contributed by atoms with E-state index >= 15 is 0 Å². The minimum Gasteiger partial charge on any atom is -0.465 e. The van der Waals surface area contributed by atoms with Crippen molar-refractivity contribution < 1.29 is 19.4 Å². The van der Waals surface area contributed by atoms with Gasteiger partial charge >= 0.3 is 5.97 Å². The Labute approximate surface area is 213 Å². The highest BCUT2D eigenvalue weighted by atomic mass is 16.5. The fraction of sp³-hybridized carbons (Fsp3) is 0.967. The molecule has 0 aromatic rings. The summed E-state index contributed by atoms with van der Waals surface area (Å²) in [5.41, 5.74) is 0. The second kappa shape index (κ2) is 24.1. The van der Waals surface area contributed by atoms with Crippen LogP contribution in [0, 0.1) is 11.8 Å². The van der Waals surface area contributed by atoms with Crippen molar-refractivity contribution in [1.82, 2.24) is 0 Å². The van der Waals surface area contributed by atoms with Crippen molar-refractivity contribution in [2.45, 2.75) is 162 Å². The zero-order valence-electron chi connectivity index (χ0n) is 23.6. The van der Waals surface area contributed by atoms with E-state index in [1.165, 1.54) is 51.4 Å². The smallest absolute Gasteiger partial charge is 0.305 e. The Morgan fingerprint density at radius 1 is 0.706 bits per heavy atom. The molecule has 0 spiro atoms. The zero-order chi connectivity index (χ0) is 25.4. The van der Waals surface area contributed by atoms with E-state index in [0.29, 0.717) is 24.9 Å². The molecule has 3 atom stereocenters. The molecule has 0 aromatic heterocycles. The van der Waals surface area contributed by atoms with Gasteiger partial charge in [-0.2, -0.15) is 0 Å². The van der Waals surface area contributed by atoms with Crippen molar-refractivity contribution in [2.24, 2.45) is 11.8 Å². The molecule has 0 bridgehead atoms. The molecule has 0 fully saturated rings. The largest absolute Gasteiger partial charge is 0.465 e. The number of hydrogen-bond donors (Lipinski definition) is 1. The van der Waals surface area contributed by atoms with E-state index in [0.717, 1.165) is 64.4 Å². The van der Waals surface area contributed by atoms with Gasteiger partial charge in [-0.05, 0) is 37.5 Å². The summed E-state index contributed by atoms with van der Waals surface area (Å²) >= 11 is 0. The topological polar surface area (TPSA) is 55.8 Å². The first-order chi connectivity index (χ1) is 16.4. The number of carbonyl (C=O) groups is 1. The lowest BCUT2D eigenvalue weighted by Crippen LogP contribution is -2.31. The summed E-state index contributed by atoms with van der Waals surface area (Å²) in [4.78, 5) is 11.7. The van der Waals surface area contributed by atoms with Crippen LogP contribution in [0.3, 0.4) is 0 Å². The average molecular weight is 485 g/mol. The average Bonchev–Trinajstić information content (AvgIpc) is 2.82. The first-order valence-electron chi connectivity index (χ1n) is 14.9. The predicted octanol–water partition coefficient (Wildman–Crippen LogP) is 8.63. The molecule has 0 aromatic carbocycles. The Morgan fingerprint density at radius 2 is 1.29 bits per heavy atom. The van der Waals surface area contributed by atoms with Crippen LogP contribution in [0.2, 0.25) is 0 Å². The maximum atomic E-state index is 11.7. The van der Waals surface area contributed by atoms with E-state index in [4.69, 9.17) is 9.47 Å². The first-order valence-corrected chi connectivity index (χ1v) is 14.9. The number of carbonyl (C=O) groups excluding carboxylic acids is 1. The number of rotatable bonds is 25. The highest BCUT2D eigenvalue weighted by Crippen LogP contribution is 2.21. The van der Waals surface area contributed by atoms with Crippen molar-refractivity contribution >= 4 is 5.97 Å². The van der Waals surface area contributed by atoms with Gasteiger partial charge in [-0.15, -0.1) is 0 Å². The van der Waals surface area contributed by atoms with Gasteiger partial charge in [0.1, 0.15) is 0 Å². The molecule has 0 rings (SSSR count). The molecule has 1 N–H and O–H groups in total. The molecule has 0 amide bonds. The Bertz CT molecular complexity index is 438. The molecule has 0 saturated carbocycles. The Balaban J connectivity index is 4.27. The molecule has 3 unspecified atom stereocenters. The molecule has 34 heavy (non-hydrogen) atoms. The monoisotopic (exact) mass is 484 g/mol. The second-order valence-corrected chi connectivity index (χ2v) is 10.8. The predicted molar refractivity (Wildman–Crippen MR) is 145 cm³/mol. The highest BCUT2D eigenvalue weighted by molar-refractivity contribution is 5.69. The SMILES string of the molecule is CCCCCCCCC(O)C(CCCCCCCC(=O)OCC(C)C)OCC(CC)CCCC. The number of ether oxygens (including phenoxy) is 2. The lowest BCUT2D eigenvalue weighted by atomic mass is 9.98. The van der Waals surface area contributed by atoms with Crippen molar-refractivity contribution in [3.05, 3.63) is 0 Å². The van der Waals surface area contributed by atoms with Gasteiger partial charge in [-0.25, -0.2) is 0 Å². The van der Waals surface area contributed by atoms with Crippen molar-refractivity contribution in [3.63, 3.8) is 0 Å². The molecule has 0 aliphatic heterocycles. The van der Waals surface area contributed by atoms with Gasteiger partial charge in [-0.3, -0.25) is 4.79 Å². The zero-order valence-corrected chi connectivity index (χ0v) is 23.6. The van der Waals surface area contributed by atoms with Crippen LogP contribution < -0.4 is 0 Å². The van der Waals surface area contributed by atoms with Gasteiger partial charge in [0.05, 0.1) is 18.8 Å². The maximum Gasteiger partial charge on any atom is 0.305 e. The Kier molecular flexibility index (Phi) is 23.7. The van der Waals surface area contributed by atoms with Gasteiger partial charge in [-0.1, -0.05) is 118 Å². The van der Waals surface area contributed by atoms with E-state index in [-0.39, 0.29) is 18.2 Å². The van der Waals surface area contributed by atoms with Gasteiger partial charge in [0.25, 0.3) is 0 Å². The molecule has 0 aliphatic carbocycles. The van der Waals surface area contributed by atoms with Gasteiger partial charge < -0.3 is 14.6 Å². The third kappa shape index (κ3) is 20.7. The standard InChI is InChI=1S/C30H60O4/c1-6-9-11-12-14-17-21-28(31)29(33-25-27(8-3)20-10-7-2)22-18-15-13-16-19-23-30(32)34-24-26(4)5/h26-29,31H,6-25H2,1-5H3. The molecule has 4 heteroatoms. The van der Waals surface area contributed by atoms with Gasteiger partial charge in [0.2, 0.25) is 0 Å². The van der Waals surface area contributed by atoms with E-state index in [1.54, 1.807) is 0 Å². The summed E-state index contributed by atoms with van der Waals surface area (Å²) in [6.45, 7) is 12.2. The van der Waals surface area contributed by atoms with E-state index in [9.17, 15) is 9.90 Å². The van der Waals surface area contributed by atoms with Crippen LogP contribution in [0.4, 0.5) is 0 Å². The van der Waals surface area contributed by atoms with E-state index < -0.39 is 0 Å². The lowest BCUT2D eigenvalue weighted by molar-refractivity contribution is -0.144. The van der Waals surface area contributed by atoms with Crippen LogP contribution in [-0.4, -0.2) is 36.5 Å². The molecule has 0 saturated heterocycles. The fourth-order valence-corrected chi connectivity index (χ4v) is 4.34. The van der Waals surface area contributed by atoms with Gasteiger partial charge in [0, 0.05) is 13.0 Å². The van der Waals surface area contributed by atoms with Crippen LogP contribution >= 0.6 is 0 Å². The summed E-state index contributed by atoms with van der Waals surface area (Å²) in [6.07, 6.45) is 19.7. The number of esters is 1. The Morgan fingerprint density at radius 3 is 1.91 bits per heavy atom. The Hall–Kier alpha value is -0.610. The number of unbranched alkanes of at least 4 members (excludes halogenated alkanes) is 10. The second-order valence-electron chi connectivity index (χ2n) is 10.8. The van der Waals surface area contributed by atoms with Gasteiger partial charge in [0.15, 0.2) is 0 Å². The highest BCUT2D eigenvalue weighted by Gasteiger charge is 2.21. The van der Waals surface area contributed by atoms with E-state index in [2.05, 4.69) is 34.6 Å². The molecule has 4 nitrogen and oxygen atoms in total. The van der Waals surface area contributed by atoms with Crippen LogP contribution in [0.15, 0.2) is 0 Å². The third-order valence-corrected chi connectivity index (χ3v) is 6.82. The number of aliphatic hydroxyl groups is 1. The summed E-state index contributed by atoms with van der Waals surface area (Å²) in [5, 5.41) is 10.9. The molecule has 0 radical (unpaired) electrons. The number of hydrogen-bond acceptors (Lipinski definition) is 4. The maximum absolute atomic E-state index is 11.7. The van der Waals surface area contributed by atoms with Crippen LogP contribution in [0.5, 0.6) is 0 Å². The third-order valence-electron chi connectivity index (χ3n) is 6.82. The minimum absolute atomic E-state index is 0.0303. The summed E-state index contributed by atoms with van der Waals surface area (Å²) in [6, 6.07) is 0. The molecule has 0 heterocycles. The molecule has 0 aliphatic rings. The molecule has 204 valence electrons.